The Hall–Kier alpha value is -1.12. The molecule has 1 aromatic heterocycles. The lowest BCUT2D eigenvalue weighted by atomic mass is 9.92. The fraction of sp³-hybridized carbons (Fsp3) is 0.750. The second-order valence-electron chi connectivity index (χ2n) is 6.40. The van der Waals surface area contributed by atoms with E-state index in [1.54, 1.807) is 0 Å². The van der Waals surface area contributed by atoms with Crippen molar-refractivity contribution in [2.45, 2.75) is 60.3 Å². The highest BCUT2D eigenvalue weighted by Gasteiger charge is 2.15. The van der Waals surface area contributed by atoms with Gasteiger partial charge in [-0.05, 0) is 30.7 Å². The second-order valence-corrected chi connectivity index (χ2v) is 6.40. The van der Waals surface area contributed by atoms with E-state index in [-0.39, 0.29) is 0 Å². The maximum atomic E-state index is 4.70. The van der Waals surface area contributed by atoms with E-state index < -0.39 is 0 Å². The Labute approximate surface area is 118 Å². The van der Waals surface area contributed by atoms with E-state index in [1.165, 1.54) is 0 Å². The monoisotopic (exact) mass is 263 g/mol. The van der Waals surface area contributed by atoms with Crippen molar-refractivity contribution < 1.29 is 0 Å². The normalized spacial score (nSPS) is 11.6. The Morgan fingerprint density at radius 3 is 2.42 bits per heavy atom. The quantitative estimate of drug-likeness (QED) is 0.742. The van der Waals surface area contributed by atoms with Crippen molar-refractivity contribution in [3.05, 3.63) is 18.0 Å². The van der Waals surface area contributed by atoms with Crippen molar-refractivity contribution in [1.29, 1.82) is 0 Å². The molecule has 0 spiro atoms. The Morgan fingerprint density at radius 2 is 1.84 bits per heavy atom. The van der Waals surface area contributed by atoms with Gasteiger partial charge in [0.05, 0.1) is 0 Å². The van der Waals surface area contributed by atoms with Crippen molar-refractivity contribution in [3.63, 3.8) is 0 Å². The van der Waals surface area contributed by atoms with Crippen molar-refractivity contribution in [3.8, 4) is 0 Å². The third-order valence-electron chi connectivity index (χ3n) is 3.11. The number of aromatic nitrogens is 2. The maximum absolute atomic E-state index is 4.70. The lowest BCUT2D eigenvalue weighted by Crippen LogP contribution is -2.30. The molecule has 0 saturated heterocycles. The van der Waals surface area contributed by atoms with E-state index in [2.05, 4.69) is 44.5 Å². The van der Waals surface area contributed by atoms with E-state index >= 15 is 0 Å². The van der Waals surface area contributed by atoms with Gasteiger partial charge in [0.25, 0.3) is 0 Å². The molecule has 0 unspecified atom stereocenters. The van der Waals surface area contributed by atoms with E-state index in [4.69, 9.17) is 4.98 Å². The Kier molecular flexibility index (Phi) is 6.26. The number of hydrogen-bond donors (Lipinski definition) is 0. The Bertz CT molecular complexity index is 369. The molecule has 0 fully saturated rings. The molecule has 3 heteroatoms. The Morgan fingerprint density at radius 1 is 1.11 bits per heavy atom. The SMILES string of the molecule is CCCc1ccnc(N(CCC)CCC(C)(C)C)n1. The number of rotatable bonds is 7. The summed E-state index contributed by atoms with van der Waals surface area (Å²) >= 11 is 0. The van der Waals surface area contributed by atoms with Gasteiger partial charge in [-0.15, -0.1) is 0 Å². The fourth-order valence-electron chi connectivity index (χ4n) is 1.98. The Balaban J connectivity index is 2.76. The molecule has 108 valence electrons. The van der Waals surface area contributed by atoms with Crippen molar-refractivity contribution in [1.82, 2.24) is 9.97 Å². The standard InChI is InChI=1S/C16H29N3/c1-6-8-14-9-11-17-15(18-14)19(12-7-2)13-10-16(3,4)5/h9,11H,6-8,10,12-13H2,1-5H3. The molecule has 0 aliphatic carbocycles. The molecule has 1 aromatic rings. The average Bonchev–Trinajstić information content (AvgIpc) is 2.34. The highest BCUT2D eigenvalue weighted by Crippen LogP contribution is 2.20. The predicted octanol–water partition coefficient (Wildman–Crippen LogP) is 4.08. The largest absolute Gasteiger partial charge is 0.341 e. The number of hydrogen-bond acceptors (Lipinski definition) is 3. The third-order valence-corrected chi connectivity index (χ3v) is 3.11. The van der Waals surface area contributed by atoms with Crippen molar-refractivity contribution >= 4 is 5.95 Å². The second kappa shape index (κ2) is 7.46. The molecule has 0 aliphatic heterocycles. The maximum Gasteiger partial charge on any atom is 0.225 e. The van der Waals surface area contributed by atoms with Gasteiger partial charge in [0.2, 0.25) is 5.95 Å². The first-order valence-electron chi connectivity index (χ1n) is 7.53. The highest BCUT2D eigenvalue weighted by molar-refractivity contribution is 5.30. The summed E-state index contributed by atoms with van der Waals surface area (Å²) in [6.45, 7) is 13.3. The lowest BCUT2D eigenvalue weighted by Gasteiger charge is -2.26. The molecule has 0 atom stereocenters. The molecule has 0 bridgehead atoms. The minimum Gasteiger partial charge on any atom is -0.341 e. The summed E-state index contributed by atoms with van der Waals surface area (Å²) in [6.07, 6.45) is 6.36. The number of nitrogens with zero attached hydrogens (tertiary/aromatic N) is 3. The van der Waals surface area contributed by atoms with Crippen LogP contribution in [-0.4, -0.2) is 23.1 Å². The summed E-state index contributed by atoms with van der Waals surface area (Å²) in [5, 5.41) is 0. The topological polar surface area (TPSA) is 29.0 Å². The molecule has 1 rings (SSSR count). The molecule has 1 heterocycles. The van der Waals surface area contributed by atoms with Crippen LogP contribution < -0.4 is 4.90 Å². The molecule has 0 N–H and O–H groups in total. The zero-order valence-corrected chi connectivity index (χ0v) is 13.2. The van der Waals surface area contributed by atoms with Gasteiger partial charge in [0, 0.05) is 25.0 Å². The van der Waals surface area contributed by atoms with Crippen LogP contribution in [0.25, 0.3) is 0 Å². The van der Waals surface area contributed by atoms with Gasteiger partial charge in [-0.2, -0.15) is 0 Å². The molecular weight excluding hydrogens is 234 g/mol. The van der Waals surface area contributed by atoms with Crippen molar-refractivity contribution in [2.75, 3.05) is 18.0 Å². The van der Waals surface area contributed by atoms with Crippen LogP contribution in [0, 0.1) is 5.41 Å². The lowest BCUT2D eigenvalue weighted by molar-refractivity contribution is 0.377. The molecule has 0 saturated carbocycles. The first kappa shape index (κ1) is 15.9. The van der Waals surface area contributed by atoms with Crippen LogP contribution in [0.1, 0.15) is 59.6 Å². The molecule has 0 amide bonds. The number of aryl methyl sites for hydroxylation is 1. The molecule has 0 aromatic carbocycles. The summed E-state index contributed by atoms with van der Waals surface area (Å²) < 4.78 is 0. The minimum absolute atomic E-state index is 0.354. The predicted molar refractivity (Wildman–Crippen MR) is 82.6 cm³/mol. The minimum atomic E-state index is 0.354. The fourth-order valence-corrected chi connectivity index (χ4v) is 1.98. The van der Waals surface area contributed by atoms with Crippen LogP contribution in [0.3, 0.4) is 0 Å². The van der Waals surface area contributed by atoms with Crippen LogP contribution >= 0.6 is 0 Å². The third kappa shape index (κ3) is 6.04. The molecule has 0 aliphatic rings. The average molecular weight is 263 g/mol. The van der Waals surface area contributed by atoms with Crippen LogP contribution in [0.15, 0.2) is 12.3 Å². The molecule has 0 radical (unpaired) electrons. The summed E-state index contributed by atoms with van der Waals surface area (Å²) in [5.41, 5.74) is 1.51. The zero-order valence-electron chi connectivity index (χ0n) is 13.2. The summed E-state index contributed by atoms with van der Waals surface area (Å²) in [7, 11) is 0. The van der Waals surface area contributed by atoms with Crippen LogP contribution in [-0.2, 0) is 6.42 Å². The van der Waals surface area contributed by atoms with Crippen LogP contribution in [0.5, 0.6) is 0 Å². The summed E-state index contributed by atoms with van der Waals surface area (Å²) in [4.78, 5) is 11.5. The summed E-state index contributed by atoms with van der Waals surface area (Å²) in [5.74, 6) is 0.900. The first-order chi connectivity index (χ1) is 8.96. The first-order valence-corrected chi connectivity index (χ1v) is 7.53. The van der Waals surface area contributed by atoms with E-state index in [0.29, 0.717) is 5.41 Å². The van der Waals surface area contributed by atoms with Gasteiger partial charge in [0.1, 0.15) is 0 Å². The van der Waals surface area contributed by atoms with Crippen LogP contribution in [0.2, 0.25) is 0 Å². The van der Waals surface area contributed by atoms with Gasteiger partial charge < -0.3 is 4.90 Å². The summed E-state index contributed by atoms with van der Waals surface area (Å²) in [6, 6.07) is 2.03. The molecular formula is C16H29N3. The number of anilines is 1. The van der Waals surface area contributed by atoms with Crippen molar-refractivity contribution in [2.24, 2.45) is 5.41 Å². The smallest absolute Gasteiger partial charge is 0.225 e. The van der Waals surface area contributed by atoms with Gasteiger partial charge in [-0.3, -0.25) is 0 Å². The van der Waals surface area contributed by atoms with Gasteiger partial charge >= 0.3 is 0 Å². The molecule has 3 nitrogen and oxygen atoms in total. The highest BCUT2D eigenvalue weighted by atomic mass is 15.2. The van der Waals surface area contributed by atoms with E-state index in [9.17, 15) is 0 Å². The van der Waals surface area contributed by atoms with E-state index in [0.717, 1.165) is 50.4 Å². The van der Waals surface area contributed by atoms with Gasteiger partial charge in [-0.25, -0.2) is 9.97 Å². The van der Waals surface area contributed by atoms with Crippen LogP contribution in [0.4, 0.5) is 5.95 Å². The zero-order chi connectivity index (χ0) is 14.3. The van der Waals surface area contributed by atoms with Gasteiger partial charge in [-0.1, -0.05) is 41.0 Å². The molecule has 19 heavy (non-hydrogen) atoms. The van der Waals surface area contributed by atoms with Gasteiger partial charge in [0.15, 0.2) is 0 Å². The van der Waals surface area contributed by atoms with E-state index in [1.807, 2.05) is 12.3 Å².